The lowest BCUT2D eigenvalue weighted by Gasteiger charge is -2.12. The van der Waals surface area contributed by atoms with Crippen molar-refractivity contribution >= 4 is 5.91 Å². The molecular weight excluding hydrogens is 488 g/mol. The second-order valence-corrected chi connectivity index (χ2v) is 11.0. The van der Waals surface area contributed by atoms with Gasteiger partial charge in [-0.25, -0.2) is 0 Å². The Kier molecular flexibility index (Phi) is 61.7. The number of allylic oxidation sites excluding steroid dienone is 4. The highest BCUT2D eigenvalue weighted by atomic mass is 16.1. The zero-order chi connectivity index (χ0) is 31.7. The number of hydrogen-bond acceptors (Lipinski definition) is 2. The molecule has 0 spiro atoms. The van der Waals surface area contributed by atoms with E-state index in [2.05, 4.69) is 105 Å². The van der Waals surface area contributed by atoms with Crippen LogP contribution in [0.15, 0.2) is 24.3 Å². The number of amides is 1. The summed E-state index contributed by atoms with van der Waals surface area (Å²) in [6.07, 6.45) is 32.2. The Balaban J connectivity index is -0.000000245. The van der Waals surface area contributed by atoms with Crippen LogP contribution >= 0.6 is 0 Å². The normalized spacial score (nSPS) is 15.2. The third kappa shape index (κ3) is 56.9. The van der Waals surface area contributed by atoms with E-state index >= 15 is 0 Å². The first-order valence-electron chi connectivity index (χ1n) is 17.5. The van der Waals surface area contributed by atoms with Gasteiger partial charge in [0.1, 0.15) is 0 Å². The minimum absolute atomic E-state index is 0.273. The molecule has 0 radical (unpaired) electrons. The van der Waals surface area contributed by atoms with Crippen molar-refractivity contribution in [2.24, 2.45) is 11.7 Å². The lowest BCUT2D eigenvalue weighted by Crippen LogP contribution is -2.32. The Hall–Kier alpha value is -1.09. The summed E-state index contributed by atoms with van der Waals surface area (Å²) in [5.41, 5.74) is 4.50. The summed E-state index contributed by atoms with van der Waals surface area (Å²) in [6, 6.07) is 0.454. The molecule has 0 aromatic heterocycles. The molecule has 0 unspecified atom stereocenters. The molecule has 0 aliphatic heterocycles. The summed E-state index contributed by atoms with van der Waals surface area (Å²) < 4.78 is 0. The predicted molar refractivity (Wildman–Crippen MR) is 188 cm³/mol. The summed E-state index contributed by atoms with van der Waals surface area (Å²) >= 11 is 0. The smallest absolute Gasteiger partial charge is 0.220 e. The van der Waals surface area contributed by atoms with Crippen LogP contribution in [-0.4, -0.2) is 19.0 Å². The maximum atomic E-state index is 11.9. The topological polar surface area (TPSA) is 55.1 Å². The molecule has 1 saturated carbocycles. The maximum absolute atomic E-state index is 11.9. The summed E-state index contributed by atoms with van der Waals surface area (Å²) in [7, 11) is 1.50. The summed E-state index contributed by atoms with van der Waals surface area (Å²) in [5.74, 6) is 1.06. The first-order chi connectivity index (χ1) is 19.4. The molecule has 3 N–H and O–H groups in total. The molecule has 1 aliphatic rings. The van der Waals surface area contributed by atoms with Gasteiger partial charge in [-0.3, -0.25) is 4.79 Å². The molecule has 1 rings (SSSR count). The standard InChI is InChI=1S/C24H43NO.4C3H8.CH5N/c1-3-4-5-6-7-8-9-10-11-12-13-14-15-16-17-18-24(26)25-23-20-19-22(2)21-23;4*1-3-2;1-2/h7-8,10-11,22-23H,3-6,9,12-21H2,1-2H3,(H,25,26);4*3H2,1-2H3;2H2,1H3/b8-7-,11-10-;;;;;/t22-,23+;;;;;/m0...../s1. The number of unbranched alkanes of at least 4 members (excludes halogenated alkanes) is 8. The number of carbonyl (C=O) groups is 1. The molecular formula is C37H80N2O. The van der Waals surface area contributed by atoms with Crippen LogP contribution in [0.2, 0.25) is 0 Å². The maximum Gasteiger partial charge on any atom is 0.220 e. The van der Waals surface area contributed by atoms with Crippen LogP contribution in [0.3, 0.4) is 0 Å². The molecule has 0 saturated heterocycles. The number of nitrogens with two attached hydrogens (primary N) is 1. The lowest BCUT2D eigenvalue weighted by molar-refractivity contribution is -0.121. The second-order valence-electron chi connectivity index (χ2n) is 11.0. The van der Waals surface area contributed by atoms with Crippen LogP contribution in [0.5, 0.6) is 0 Å². The van der Waals surface area contributed by atoms with E-state index in [9.17, 15) is 4.79 Å². The number of hydrogen-bond donors (Lipinski definition) is 2. The van der Waals surface area contributed by atoms with E-state index in [0.717, 1.165) is 25.2 Å². The monoisotopic (exact) mass is 569 g/mol. The van der Waals surface area contributed by atoms with Crippen molar-refractivity contribution in [1.29, 1.82) is 0 Å². The van der Waals surface area contributed by atoms with E-state index in [0.29, 0.717) is 6.04 Å². The molecule has 3 nitrogen and oxygen atoms in total. The zero-order valence-electron chi connectivity index (χ0n) is 29.9. The van der Waals surface area contributed by atoms with Gasteiger partial charge in [-0.05, 0) is 70.8 Å². The van der Waals surface area contributed by atoms with Crippen molar-refractivity contribution in [2.75, 3.05) is 7.05 Å². The van der Waals surface area contributed by atoms with E-state index in [1.807, 2.05) is 0 Å². The highest BCUT2D eigenvalue weighted by molar-refractivity contribution is 5.76. The molecule has 3 heteroatoms. The highest BCUT2D eigenvalue weighted by Gasteiger charge is 2.22. The zero-order valence-corrected chi connectivity index (χ0v) is 29.9. The van der Waals surface area contributed by atoms with Crippen molar-refractivity contribution in [3.05, 3.63) is 24.3 Å². The van der Waals surface area contributed by atoms with E-state index in [1.165, 1.54) is 110 Å². The Morgan fingerprint density at radius 3 is 1.50 bits per heavy atom. The van der Waals surface area contributed by atoms with Gasteiger partial charge in [-0.15, -0.1) is 0 Å². The predicted octanol–water partition coefficient (Wildman–Crippen LogP) is 12.3. The van der Waals surface area contributed by atoms with Crippen molar-refractivity contribution < 1.29 is 4.79 Å². The SMILES string of the molecule is CCC.CCC.CCC.CCC.CCCCC/C=C\C/C=C\CCCCCCCC(=O)N[C@@H]1CC[C@H](C)C1.CN. The fourth-order valence-electron chi connectivity index (χ4n) is 3.74. The highest BCUT2D eigenvalue weighted by Crippen LogP contribution is 2.24. The van der Waals surface area contributed by atoms with Gasteiger partial charge < -0.3 is 11.1 Å². The quantitative estimate of drug-likeness (QED) is 0.152. The molecule has 1 aliphatic carbocycles. The van der Waals surface area contributed by atoms with E-state index in [-0.39, 0.29) is 5.91 Å². The first kappa shape index (κ1) is 48.6. The summed E-state index contributed by atoms with van der Waals surface area (Å²) in [4.78, 5) is 11.9. The number of nitrogens with one attached hydrogen (secondary N) is 1. The summed E-state index contributed by atoms with van der Waals surface area (Å²) in [6.45, 7) is 21.5. The second kappa shape index (κ2) is 50.7. The molecule has 0 aromatic carbocycles. The molecule has 0 heterocycles. The van der Waals surface area contributed by atoms with Gasteiger partial charge in [0.05, 0.1) is 0 Å². The Morgan fingerprint density at radius 1 is 0.650 bits per heavy atom. The molecule has 244 valence electrons. The van der Waals surface area contributed by atoms with E-state index in [1.54, 1.807) is 0 Å². The van der Waals surface area contributed by atoms with Crippen LogP contribution in [0.1, 0.15) is 191 Å². The Morgan fingerprint density at radius 2 is 1.07 bits per heavy atom. The van der Waals surface area contributed by atoms with Gasteiger partial charge in [0, 0.05) is 12.5 Å². The van der Waals surface area contributed by atoms with Gasteiger partial charge in [-0.1, -0.05) is 151 Å². The Labute approximate surface area is 256 Å². The molecule has 0 aromatic rings. The van der Waals surface area contributed by atoms with Gasteiger partial charge >= 0.3 is 0 Å². The van der Waals surface area contributed by atoms with Crippen LogP contribution < -0.4 is 11.1 Å². The molecule has 1 amide bonds. The van der Waals surface area contributed by atoms with Crippen molar-refractivity contribution in [1.82, 2.24) is 5.32 Å². The Bertz CT molecular complexity index is 451. The van der Waals surface area contributed by atoms with Crippen LogP contribution in [0, 0.1) is 5.92 Å². The van der Waals surface area contributed by atoms with E-state index in [4.69, 9.17) is 0 Å². The molecule has 40 heavy (non-hydrogen) atoms. The van der Waals surface area contributed by atoms with Crippen LogP contribution in [0.4, 0.5) is 0 Å². The fourth-order valence-corrected chi connectivity index (χ4v) is 3.74. The van der Waals surface area contributed by atoms with Crippen LogP contribution in [-0.2, 0) is 4.79 Å². The number of rotatable bonds is 15. The first-order valence-corrected chi connectivity index (χ1v) is 17.5. The average molecular weight is 569 g/mol. The van der Waals surface area contributed by atoms with Crippen molar-refractivity contribution in [3.63, 3.8) is 0 Å². The van der Waals surface area contributed by atoms with Gasteiger partial charge in [-0.2, -0.15) is 0 Å². The van der Waals surface area contributed by atoms with E-state index < -0.39 is 0 Å². The minimum atomic E-state index is 0.273. The van der Waals surface area contributed by atoms with Gasteiger partial charge in [0.15, 0.2) is 0 Å². The van der Waals surface area contributed by atoms with Gasteiger partial charge in [0.25, 0.3) is 0 Å². The molecule has 0 bridgehead atoms. The van der Waals surface area contributed by atoms with Crippen molar-refractivity contribution in [3.8, 4) is 0 Å². The minimum Gasteiger partial charge on any atom is -0.353 e. The fraction of sp³-hybridized carbons (Fsp3) is 0.865. The van der Waals surface area contributed by atoms with Crippen molar-refractivity contribution in [2.45, 2.75) is 197 Å². The number of carbonyl (C=O) groups excluding carboxylic acids is 1. The third-order valence-electron chi connectivity index (χ3n) is 5.41. The molecule has 2 atom stereocenters. The van der Waals surface area contributed by atoms with Crippen LogP contribution in [0.25, 0.3) is 0 Å². The average Bonchev–Trinajstić information content (AvgIpc) is 3.33. The van der Waals surface area contributed by atoms with Gasteiger partial charge in [0.2, 0.25) is 5.91 Å². The summed E-state index contributed by atoms with van der Waals surface area (Å²) in [5, 5.41) is 3.21. The molecule has 1 fully saturated rings. The lowest BCUT2D eigenvalue weighted by atomic mass is 10.1. The largest absolute Gasteiger partial charge is 0.353 e. The third-order valence-corrected chi connectivity index (χ3v) is 5.41.